The highest BCUT2D eigenvalue weighted by molar-refractivity contribution is 9.13. The van der Waals surface area contributed by atoms with Gasteiger partial charge in [-0.05, 0) is 77.4 Å². The van der Waals surface area contributed by atoms with E-state index in [9.17, 15) is 0 Å². The van der Waals surface area contributed by atoms with E-state index in [0.29, 0.717) is 23.7 Å². The Morgan fingerprint density at radius 1 is 0.556 bits per heavy atom. The number of fused-ring (bicyclic) bond motifs is 5. The zero-order valence-corrected chi connectivity index (χ0v) is 17.6. The zero-order chi connectivity index (χ0) is 17.9. The molecular weight excluding hydrogens is 464 g/mol. The molecule has 27 heavy (non-hydrogen) atoms. The Balaban J connectivity index is 1.51. The first-order chi connectivity index (χ1) is 13.2. The van der Waals surface area contributed by atoms with E-state index in [1.807, 2.05) is 0 Å². The molecule has 0 saturated carbocycles. The Hall–Kier alpha value is -1.42. The normalized spacial score (nSPS) is 33.4. The lowest BCUT2D eigenvalue weighted by Crippen LogP contribution is -2.42. The van der Waals surface area contributed by atoms with E-state index in [4.69, 9.17) is 4.74 Å². The molecule has 3 aromatic rings. The van der Waals surface area contributed by atoms with Gasteiger partial charge in [0.25, 0.3) is 0 Å². The first-order valence-electron chi connectivity index (χ1n) is 9.56. The number of benzene rings is 3. The molecule has 0 amide bonds. The zero-order valence-electron chi connectivity index (χ0n) is 14.4. The Bertz CT molecular complexity index is 1000. The molecule has 0 aromatic heterocycles. The molecule has 0 spiro atoms. The van der Waals surface area contributed by atoms with Crippen molar-refractivity contribution in [3.63, 3.8) is 0 Å². The molecule has 1 nitrogen and oxygen atoms in total. The second kappa shape index (κ2) is 5.14. The Kier molecular flexibility index (Phi) is 2.95. The minimum atomic E-state index is 0.202. The van der Waals surface area contributed by atoms with Crippen LogP contribution in [-0.2, 0) is 4.74 Å². The van der Waals surface area contributed by atoms with Crippen LogP contribution in [0.25, 0.3) is 0 Å². The van der Waals surface area contributed by atoms with E-state index in [2.05, 4.69) is 92.5 Å². The highest BCUT2D eigenvalue weighted by atomic mass is 79.9. The van der Waals surface area contributed by atoms with Crippen molar-refractivity contribution >= 4 is 31.9 Å². The molecule has 3 aliphatic carbocycles. The van der Waals surface area contributed by atoms with Gasteiger partial charge in [-0.25, -0.2) is 0 Å². The number of hydrogen-bond acceptors (Lipinski definition) is 1. The summed E-state index contributed by atoms with van der Waals surface area (Å²) in [6.07, 6.45) is 0.405. The summed E-state index contributed by atoms with van der Waals surface area (Å²) in [6, 6.07) is 22.8. The topological polar surface area (TPSA) is 9.23 Å². The van der Waals surface area contributed by atoms with Gasteiger partial charge in [0.05, 0.1) is 12.2 Å². The molecule has 4 atom stereocenters. The van der Waals surface area contributed by atoms with E-state index >= 15 is 0 Å². The van der Waals surface area contributed by atoms with Crippen molar-refractivity contribution in [2.24, 2.45) is 11.8 Å². The molecule has 3 aromatic carbocycles. The summed E-state index contributed by atoms with van der Waals surface area (Å²) in [4.78, 5) is 0. The van der Waals surface area contributed by atoms with Crippen molar-refractivity contribution in [1.29, 1.82) is 0 Å². The fraction of sp³-hybridized carbons (Fsp3) is 0.250. The maximum absolute atomic E-state index is 6.70. The van der Waals surface area contributed by atoms with Crippen LogP contribution >= 0.6 is 31.9 Å². The van der Waals surface area contributed by atoms with Crippen molar-refractivity contribution < 1.29 is 4.74 Å². The van der Waals surface area contributed by atoms with Crippen LogP contribution in [0, 0.1) is 11.8 Å². The monoisotopic (exact) mass is 478 g/mol. The SMILES string of the molecule is Brc1cc2c(cc1Br)[C@H]1O[C@H]2[C@@H]2C3c4ccccc4C(c4ccccc43)[C@@H]21. The van der Waals surface area contributed by atoms with Crippen molar-refractivity contribution in [3.05, 3.63) is 103 Å². The maximum atomic E-state index is 6.70. The standard InChI is InChI=1S/C24H16Br2O/c25-17-9-15-16(10-18(17)26)24-22-20-12-6-2-1-5-11(12)19(21(22)23(15)27-24)13-7-3-4-8-14(13)20/h1-10,19-24H/t19?,20?,21-,22+,23-,24-/m1/s1. The van der Waals surface area contributed by atoms with Crippen LogP contribution in [0.2, 0.25) is 0 Å². The van der Waals surface area contributed by atoms with Crippen LogP contribution in [-0.4, -0.2) is 0 Å². The quantitative estimate of drug-likeness (QED) is 0.342. The van der Waals surface area contributed by atoms with Gasteiger partial charge in [-0.2, -0.15) is 0 Å². The van der Waals surface area contributed by atoms with Gasteiger partial charge in [-0.1, -0.05) is 48.5 Å². The van der Waals surface area contributed by atoms with Crippen LogP contribution < -0.4 is 0 Å². The fourth-order valence-corrected chi connectivity index (χ4v) is 7.21. The van der Waals surface area contributed by atoms with Crippen molar-refractivity contribution in [2.75, 3.05) is 0 Å². The molecule has 0 unspecified atom stereocenters. The molecule has 0 N–H and O–H groups in total. The summed E-state index contributed by atoms with van der Waals surface area (Å²) in [7, 11) is 0. The summed E-state index contributed by atoms with van der Waals surface area (Å²) in [5.74, 6) is 1.95. The average molecular weight is 480 g/mol. The molecule has 5 aliphatic rings. The predicted octanol–water partition coefficient (Wildman–Crippen LogP) is 6.86. The number of halogens is 2. The van der Waals surface area contributed by atoms with Gasteiger partial charge in [-0.15, -0.1) is 0 Å². The van der Waals surface area contributed by atoms with Gasteiger partial charge < -0.3 is 4.74 Å². The fourth-order valence-electron chi connectivity index (χ4n) is 6.49. The number of ether oxygens (including phenoxy) is 1. The van der Waals surface area contributed by atoms with E-state index in [0.717, 1.165) is 8.95 Å². The van der Waals surface area contributed by atoms with Gasteiger partial charge in [0.15, 0.2) is 0 Å². The van der Waals surface area contributed by atoms with Crippen LogP contribution in [0.3, 0.4) is 0 Å². The largest absolute Gasteiger partial charge is 0.365 e. The minimum Gasteiger partial charge on any atom is -0.365 e. The molecule has 1 fully saturated rings. The Morgan fingerprint density at radius 2 is 0.926 bits per heavy atom. The minimum absolute atomic E-state index is 0.202. The van der Waals surface area contributed by atoms with Gasteiger partial charge in [0.2, 0.25) is 0 Å². The van der Waals surface area contributed by atoms with Crippen LogP contribution in [0.1, 0.15) is 57.4 Å². The molecular formula is C24H16Br2O. The van der Waals surface area contributed by atoms with Crippen LogP contribution in [0.15, 0.2) is 69.6 Å². The van der Waals surface area contributed by atoms with Crippen molar-refractivity contribution in [2.45, 2.75) is 24.0 Å². The lowest BCUT2D eigenvalue weighted by molar-refractivity contribution is 0.0533. The first kappa shape index (κ1) is 15.5. The summed E-state index contributed by atoms with van der Waals surface area (Å²) in [5, 5.41) is 0. The lowest BCUT2D eigenvalue weighted by Gasteiger charge is -2.51. The highest BCUT2D eigenvalue weighted by Crippen LogP contribution is 2.72. The van der Waals surface area contributed by atoms with Crippen LogP contribution in [0.5, 0.6) is 0 Å². The molecule has 132 valence electrons. The Morgan fingerprint density at radius 3 is 1.30 bits per heavy atom. The molecule has 2 heterocycles. The third-order valence-electron chi connectivity index (χ3n) is 7.28. The molecule has 2 aliphatic heterocycles. The smallest absolute Gasteiger partial charge is 0.0878 e. The molecule has 3 heteroatoms. The first-order valence-corrected chi connectivity index (χ1v) is 11.1. The van der Waals surface area contributed by atoms with E-state index < -0.39 is 0 Å². The number of rotatable bonds is 0. The third-order valence-corrected chi connectivity index (χ3v) is 9.12. The summed E-state index contributed by atoms with van der Waals surface area (Å²) in [6.45, 7) is 0. The van der Waals surface area contributed by atoms with Crippen molar-refractivity contribution in [1.82, 2.24) is 0 Å². The maximum Gasteiger partial charge on any atom is 0.0878 e. The summed E-state index contributed by atoms with van der Waals surface area (Å²) < 4.78 is 8.94. The average Bonchev–Trinajstić information content (AvgIpc) is 3.26. The van der Waals surface area contributed by atoms with Crippen molar-refractivity contribution in [3.8, 4) is 0 Å². The van der Waals surface area contributed by atoms with E-state index in [1.165, 1.54) is 33.4 Å². The second-order valence-corrected chi connectivity index (χ2v) is 9.95. The Labute approximate surface area is 175 Å². The van der Waals surface area contributed by atoms with Crippen LogP contribution in [0.4, 0.5) is 0 Å². The molecule has 0 radical (unpaired) electrons. The van der Waals surface area contributed by atoms with Gasteiger partial charge in [0, 0.05) is 32.6 Å². The van der Waals surface area contributed by atoms with Gasteiger partial charge >= 0.3 is 0 Å². The van der Waals surface area contributed by atoms with E-state index in [-0.39, 0.29) is 12.2 Å². The molecule has 4 bridgehead atoms. The molecule has 1 saturated heterocycles. The second-order valence-electron chi connectivity index (χ2n) is 8.24. The lowest BCUT2D eigenvalue weighted by atomic mass is 9.50. The predicted molar refractivity (Wildman–Crippen MR) is 112 cm³/mol. The summed E-state index contributed by atoms with van der Waals surface area (Å²) in [5.41, 5.74) is 8.87. The van der Waals surface area contributed by atoms with E-state index in [1.54, 1.807) is 0 Å². The van der Waals surface area contributed by atoms with Gasteiger partial charge in [-0.3, -0.25) is 0 Å². The highest BCUT2D eigenvalue weighted by Gasteiger charge is 2.63. The number of hydrogen-bond donors (Lipinski definition) is 0. The molecule has 8 rings (SSSR count). The van der Waals surface area contributed by atoms with Gasteiger partial charge in [0.1, 0.15) is 0 Å². The summed E-state index contributed by atoms with van der Waals surface area (Å²) >= 11 is 7.40. The third kappa shape index (κ3) is 1.75.